The smallest absolute Gasteiger partial charge is 0.408 e. The number of amides is 3. The number of hydrogen-bond acceptors (Lipinski definition) is 5. The Hall–Kier alpha value is -2.61. The van der Waals surface area contributed by atoms with Crippen molar-refractivity contribution in [3.05, 3.63) is 35.9 Å². The molecule has 1 aromatic rings. The first-order valence-electron chi connectivity index (χ1n) is 8.16. The first kappa shape index (κ1) is 20.4. The predicted octanol–water partition coefficient (Wildman–Crippen LogP) is 0.824. The molecule has 0 fully saturated rings. The van der Waals surface area contributed by atoms with Gasteiger partial charge in [-0.1, -0.05) is 44.2 Å². The SMILES string of the molecule is CC(C)CC(NC(=O)OCc1ccccc1)C(=O)NNCCC(N)=O. The Labute approximate surface area is 147 Å². The van der Waals surface area contributed by atoms with Gasteiger partial charge in [-0.3, -0.25) is 15.0 Å². The van der Waals surface area contributed by atoms with Crippen LogP contribution in [0, 0.1) is 5.92 Å². The average molecular weight is 350 g/mol. The molecule has 5 N–H and O–H groups in total. The van der Waals surface area contributed by atoms with E-state index in [4.69, 9.17) is 10.5 Å². The molecular formula is C17H26N4O4. The molecule has 0 aliphatic heterocycles. The molecule has 0 bridgehead atoms. The lowest BCUT2D eigenvalue weighted by molar-refractivity contribution is -0.125. The van der Waals surface area contributed by atoms with E-state index in [0.29, 0.717) is 6.42 Å². The van der Waals surface area contributed by atoms with Crippen LogP contribution >= 0.6 is 0 Å². The van der Waals surface area contributed by atoms with Gasteiger partial charge in [-0.05, 0) is 17.9 Å². The van der Waals surface area contributed by atoms with Crippen molar-refractivity contribution in [3.63, 3.8) is 0 Å². The van der Waals surface area contributed by atoms with E-state index in [-0.39, 0.29) is 25.5 Å². The minimum Gasteiger partial charge on any atom is -0.445 e. The molecule has 0 aromatic heterocycles. The van der Waals surface area contributed by atoms with Crippen molar-refractivity contribution in [2.75, 3.05) is 6.54 Å². The summed E-state index contributed by atoms with van der Waals surface area (Å²) in [6, 6.07) is 8.51. The molecule has 0 heterocycles. The van der Waals surface area contributed by atoms with Gasteiger partial charge in [0.2, 0.25) is 5.91 Å². The molecule has 25 heavy (non-hydrogen) atoms. The van der Waals surface area contributed by atoms with Crippen LogP contribution in [0.2, 0.25) is 0 Å². The quantitative estimate of drug-likeness (QED) is 0.368. The summed E-state index contributed by atoms with van der Waals surface area (Å²) in [5, 5.41) is 2.56. The summed E-state index contributed by atoms with van der Waals surface area (Å²) >= 11 is 0. The van der Waals surface area contributed by atoms with E-state index in [2.05, 4.69) is 16.2 Å². The maximum absolute atomic E-state index is 12.2. The highest BCUT2D eigenvalue weighted by atomic mass is 16.5. The van der Waals surface area contributed by atoms with Gasteiger partial charge >= 0.3 is 6.09 Å². The van der Waals surface area contributed by atoms with Gasteiger partial charge in [0, 0.05) is 13.0 Å². The van der Waals surface area contributed by atoms with Gasteiger partial charge in [-0.2, -0.15) is 0 Å². The lowest BCUT2D eigenvalue weighted by Gasteiger charge is -2.20. The van der Waals surface area contributed by atoms with Crippen molar-refractivity contribution in [1.29, 1.82) is 0 Å². The summed E-state index contributed by atoms with van der Waals surface area (Å²) in [5.41, 5.74) is 10.9. The zero-order chi connectivity index (χ0) is 18.7. The summed E-state index contributed by atoms with van der Waals surface area (Å²) in [4.78, 5) is 34.8. The van der Waals surface area contributed by atoms with Gasteiger partial charge < -0.3 is 15.8 Å². The standard InChI is InChI=1S/C17H26N4O4/c1-12(2)10-14(16(23)21-19-9-8-15(18)22)20-17(24)25-11-13-6-4-3-5-7-13/h3-7,12,14,19H,8-11H2,1-2H3,(H2,18,22)(H,20,24)(H,21,23). The third-order valence-corrected chi connectivity index (χ3v) is 3.24. The normalized spacial score (nSPS) is 11.6. The van der Waals surface area contributed by atoms with Crippen LogP contribution in [0.4, 0.5) is 4.79 Å². The number of nitrogens with two attached hydrogens (primary N) is 1. The monoisotopic (exact) mass is 350 g/mol. The summed E-state index contributed by atoms with van der Waals surface area (Å²) < 4.78 is 5.14. The Balaban J connectivity index is 2.46. The van der Waals surface area contributed by atoms with E-state index in [1.54, 1.807) is 0 Å². The zero-order valence-electron chi connectivity index (χ0n) is 14.6. The number of benzene rings is 1. The minimum atomic E-state index is -0.746. The van der Waals surface area contributed by atoms with E-state index in [1.165, 1.54) is 0 Å². The molecule has 1 atom stereocenters. The van der Waals surface area contributed by atoms with Gasteiger partial charge in [0.05, 0.1) is 0 Å². The fourth-order valence-corrected chi connectivity index (χ4v) is 2.03. The number of rotatable bonds is 10. The first-order valence-corrected chi connectivity index (χ1v) is 8.16. The molecule has 138 valence electrons. The fourth-order valence-electron chi connectivity index (χ4n) is 2.03. The van der Waals surface area contributed by atoms with Crippen molar-refractivity contribution in [1.82, 2.24) is 16.2 Å². The number of primary amides is 1. The van der Waals surface area contributed by atoms with Crippen LogP contribution < -0.4 is 21.9 Å². The van der Waals surface area contributed by atoms with E-state index < -0.39 is 23.9 Å². The second-order valence-electron chi connectivity index (χ2n) is 6.02. The summed E-state index contributed by atoms with van der Waals surface area (Å²) in [6.07, 6.45) is -0.118. The van der Waals surface area contributed by atoms with Crippen LogP contribution in [0.5, 0.6) is 0 Å². The summed E-state index contributed by atoms with van der Waals surface area (Å²) in [5.74, 6) is -0.686. The molecule has 3 amide bonds. The van der Waals surface area contributed by atoms with Crippen LogP contribution in [-0.4, -0.2) is 30.5 Å². The zero-order valence-corrected chi connectivity index (χ0v) is 14.6. The number of carbonyl (C=O) groups is 3. The Morgan fingerprint density at radius 2 is 1.84 bits per heavy atom. The molecule has 1 rings (SSSR count). The Morgan fingerprint density at radius 1 is 1.16 bits per heavy atom. The van der Waals surface area contributed by atoms with Crippen molar-refractivity contribution in [3.8, 4) is 0 Å². The van der Waals surface area contributed by atoms with Crippen LogP contribution in [0.25, 0.3) is 0 Å². The van der Waals surface area contributed by atoms with Crippen LogP contribution in [0.15, 0.2) is 30.3 Å². The lowest BCUT2D eigenvalue weighted by atomic mass is 10.0. The number of carbonyl (C=O) groups excluding carboxylic acids is 3. The molecule has 0 aliphatic rings. The van der Waals surface area contributed by atoms with E-state index in [9.17, 15) is 14.4 Å². The molecule has 8 nitrogen and oxygen atoms in total. The number of alkyl carbamates (subject to hydrolysis) is 1. The number of ether oxygens (including phenoxy) is 1. The molecule has 0 spiro atoms. The van der Waals surface area contributed by atoms with Crippen molar-refractivity contribution in [2.45, 2.75) is 39.3 Å². The molecule has 1 unspecified atom stereocenters. The molecule has 1 aromatic carbocycles. The summed E-state index contributed by atoms with van der Waals surface area (Å²) in [6.45, 7) is 4.23. The van der Waals surface area contributed by atoms with Gasteiger partial charge in [0.1, 0.15) is 12.6 Å². The second-order valence-corrected chi connectivity index (χ2v) is 6.02. The van der Waals surface area contributed by atoms with Crippen LogP contribution in [-0.2, 0) is 20.9 Å². The Kier molecular flexibility index (Phi) is 9.02. The van der Waals surface area contributed by atoms with Gasteiger partial charge in [-0.25, -0.2) is 10.2 Å². The molecule has 0 saturated carbocycles. The number of nitrogens with one attached hydrogen (secondary N) is 3. The predicted molar refractivity (Wildman–Crippen MR) is 93.0 cm³/mol. The van der Waals surface area contributed by atoms with Crippen molar-refractivity contribution in [2.24, 2.45) is 11.7 Å². The topological polar surface area (TPSA) is 123 Å². The maximum atomic E-state index is 12.2. The van der Waals surface area contributed by atoms with Gasteiger partial charge in [-0.15, -0.1) is 0 Å². The second kappa shape index (κ2) is 11.0. The lowest BCUT2D eigenvalue weighted by Crippen LogP contribution is -2.51. The highest BCUT2D eigenvalue weighted by Crippen LogP contribution is 2.06. The van der Waals surface area contributed by atoms with E-state index in [1.807, 2.05) is 44.2 Å². The molecule has 0 aliphatic carbocycles. The molecule has 0 radical (unpaired) electrons. The third kappa shape index (κ3) is 9.31. The summed E-state index contributed by atoms with van der Waals surface area (Å²) in [7, 11) is 0. The Bertz CT molecular complexity index is 563. The fraction of sp³-hybridized carbons (Fsp3) is 0.471. The van der Waals surface area contributed by atoms with E-state index in [0.717, 1.165) is 5.56 Å². The van der Waals surface area contributed by atoms with Gasteiger partial charge in [0.25, 0.3) is 5.91 Å². The van der Waals surface area contributed by atoms with Crippen LogP contribution in [0.1, 0.15) is 32.3 Å². The Morgan fingerprint density at radius 3 is 2.44 bits per heavy atom. The molecule has 8 heteroatoms. The average Bonchev–Trinajstić information content (AvgIpc) is 2.56. The molecule has 0 saturated heterocycles. The maximum Gasteiger partial charge on any atom is 0.408 e. The highest BCUT2D eigenvalue weighted by molar-refractivity contribution is 5.85. The number of hydrazine groups is 1. The van der Waals surface area contributed by atoms with Gasteiger partial charge in [0.15, 0.2) is 0 Å². The highest BCUT2D eigenvalue weighted by Gasteiger charge is 2.22. The van der Waals surface area contributed by atoms with Crippen molar-refractivity contribution >= 4 is 17.9 Å². The minimum absolute atomic E-state index is 0.0989. The number of hydrogen-bond donors (Lipinski definition) is 4. The largest absolute Gasteiger partial charge is 0.445 e. The van der Waals surface area contributed by atoms with Crippen LogP contribution in [0.3, 0.4) is 0 Å². The molecular weight excluding hydrogens is 324 g/mol. The third-order valence-electron chi connectivity index (χ3n) is 3.24. The first-order chi connectivity index (χ1) is 11.9. The van der Waals surface area contributed by atoms with Crippen molar-refractivity contribution < 1.29 is 19.1 Å². The van der Waals surface area contributed by atoms with E-state index >= 15 is 0 Å².